The normalized spacial score (nSPS) is 14.2. The monoisotopic (exact) mass is 163 g/mol. The SMILES string of the molecule is Nc1ccc(N2NC=CO2)cc1. The zero-order chi connectivity index (χ0) is 8.39. The Hall–Kier alpha value is -1.84. The first-order valence-corrected chi connectivity index (χ1v) is 3.60. The summed E-state index contributed by atoms with van der Waals surface area (Å²) in [5, 5.41) is 1.54. The van der Waals surface area contributed by atoms with E-state index in [0.717, 1.165) is 11.4 Å². The van der Waals surface area contributed by atoms with Gasteiger partial charge in [-0.1, -0.05) is 0 Å². The molecule has 0 aromatic heterocycles. The van der Waals surface area contributed by atoms with Gasteiger partial charge in [-0.2, -0.15) is 0 Å². The molecule has 0 aliphatic carbocycles. The summed E-state index contributed by atoms with van der Waals surface area (Å²) in [6.07, 6.45) is 3.27. The number of nitrogens with two attached hydrogens (primary N) is 1. The minimum atomic E-state index is 0.742. The highest BCUT2D eigenvalue weighted by atomic mass is 16.7. The van der Waals surface area contributed by atoms with Gasteiger partial charge in [0.15, 0.2) is 0 Å². The van der Waals surface area contributed by atoms with Crippen LogP contribution in [-0.4, -0.2) is 0 Å². The smallest absolute Gasteiger partial charge is 0.139 e. The van der Waals surface area contributed by atoms with Crippen LogP contribution in [0.2, 0.25) is 0 Å². The van der Waals surface area contributed by atoms with E-state index in [1.807, 2.05) is 24.3 Å². The predicted octanol–water partition coefficient (Wildman–Crippen LogP) is 0.996. The lowest BCUT2D eigenvalue weighted by molar-refractivity contribution is 0.221. The van der Waals surface area contributed by atoms with Crippen LogP contribution < -0.4 is 16.3 Å². The highest BCUT2D eigenvalue weighted by molar-refractivity contribution is 5.51. The van der Waals surface area contributed by atoms with Crippen molar-refractivity contribution in [2.45, 2.75) is 0 Å². The van der Waals surface area contributed by atoms with Gasteiger partial charge in [0, 0.05) is 5.69 Å². The third kappa shape index (κ3) is 1.14. The summed E-state index contributed by atoms with van der Waals surface area (Å²) >= 11 is 0. The van der Waals surface area contributed by atoms with E-state index < -0.39 is 0 Å². The molecule has 4 nitrogen and oxygen atoms in total. The van der Waals surface area contributed by atoms with Crippen molar-refractivity contribution in [1.82, 2.24) is 5.43 Å². The fourth-order valence-electron chi connectivity index (χ4n) is 0.965. The maximum atomic E-state index is 5.53. The van der Waals surface area contributed by atoms with Crippen molar-refractivity contribution in [2.75, 3.05) is 10.9 Å². The average molecular weight is 163 g/mol. The van der Waals surface area contributed by atoms with Crippen molar-refractivity contribution in [3.63, 3.8) is 0 Å². The van der Waals surface area contributed by atoms with Gasteiger partial charge in [0.1, 0.15) is 6.26 Å². The number of nitrogens with zero attached hydrogens (tertiary/aromatic N) is 1. The van der Waals surface area contributed by atoms with Gasteiger partial charge in [0.25, 0.3) is 0 Å². The Bertz CT molecular complexity index is 286. The predicted molar refractivity (Wildman–Crippen MR) is 46.7 cm³/mol. The van der Waals surface area contributed by atoms with Crippen LogP contribution in [-0.2, 0) is 4.84 Å². The quantitative estimate of drug-likeness (QED) is 0.606. The molecule has 1 aromatic carbocycles. The van der Waals surface area contributed by atoms with Crippen LogP contribution in [0.1, 0.15) is 0 Å². The first-order valence-electron chi connectivity index (χ1n) is 3.60. The van der Waals surface area contributed by atoms with Crippen LogP contribution in [0, 0.1) is 0 Å². The Morgan fingerprint density at radius 1 is 1.25 bits per heavy atom. The summed E-state index contributed by atoms with van der Waals surface area (Å²) in [6, 6.07) is 7.38. The molecule has 3 N–H and O–H groups in total. The van der Waals surface area contributed by atoms with Crippen molar-refractivity contribution in [3.05, 3.63) is 36.7 Å². The van der Waals surface area contributed by atoms with Gasteiger partial charge in [-0.3, -0.25) is 5.43 Å². The second-order valence-electron chi connectivity index (χ2n) is 2.42. The molecule has 62 valence electrons. The van der Waals surface area contributed by atoms with Crippen molar-refractivity contribution in [2.24, 2.45) is 0 Å². The van der Waals surface area contributed by atoms with Crippen molar-refractivity contribution in [3.8, 4) is 0 Å². The van der Waals surface area contributed by atoms with E-state index >= 15 is 0 Å². The summed E-state index contributed by atoms with van der Waals surface area (Å²) < 4.78 is 0. The van der Waals surface area contributed by atoms with Gasteiger partial charge < -0.3 is 10.6 Å². The van der Waals surface area contributed by atoms with E-state index in [9.17, 15) is 0 Å². The van der Waals surface area contributed by atoms with Crippen molar-refractivity contribution in [1.29, 1.82) is 0 Å². The molecule has 2 rings (SSSR count). The Morgan fingerprint density at radius 2 is 2.00 bits per heavy atom. The fraction of sp³-hybridized carbons (Fsp3) is 0. The number of hydrogen-bond donors (Lipinski definition) is 2. The first-order chi connectivity index (χ1) is 5.86. The second-order valence-corrected chi connectivity index (χ2v) is 2.42. The third-order valence-corrected chi connectivity index (χ3v) is 1.55. The van der Waals surface area contributed by atoms with E-state index in [2.05, 4.69) is 5.43 Å². The Kier molecular flexibility index (Phi) is 1.51. The molecule has 0 spiro atoms. The third-order valence-electron chi connectivity index (χ3n) is 1.55. The maximum Gasteiger partial charge on any atom is 0.139 e. The van der Waals surface area contributed by atoms with Gasteiger partial charge in [0.05, 0.1) is 11.9 Å². The number of hydrazine groups is 1. The molecular weight excluding hydrogens is 154 g/mol. The lowest BCUT2D eigenvalue weighted by Gasteiger charge is -2.15. The molecule has 0 saturated carbocycles. The van der Waals surface area contributed by atoms with Crippen LogP contribution in [0.5, 0.6) is 0 Å². The van der Waals surface area contributed by atoms with Crippen LogP contribution in [0.25, 0.3) is 0 Å². The lowest BCUT2D eigenvalue weighted by Crippen LogP contribution is -2.27. The molecule has 1 aromatic rings. The number of hydrogen-bond acceptors (Lipinski definition) is 4. The molecule has 0 saturated heterocycles. The Balaban J connectivity index is 2.18. The van der Waals surface area contributed by atoms with Gasteiger partial charge in [-0.15, -0.1) is 5.17 Å². The molecule has 4 heteroatoms. The largest absolute Gasteiger partial charge is 0.399 e. The molecule has 0 unspecified atom stereocenters. The number of nitrogens with one attached hydrogen (secondary N) is 1. The van der Waals surface area contributed by atoms with Crippen LogP contribution >= 0.6 is 0 Å². The molecule has 0 bridgehead atoms. The van der Waals surface area contributed by atoms with Gasteiger partial charge in [0.2, 0.25) is 0 Å². The molecule has 1 aliphatic heterocycles. The molecule has 12 heavy (non-hydrogen) atoms. The minimum Gasteiger partial charge on any atom is -0.399 e. The standard InChI is InChI=1S/C8H9N3O/c9-7-1-3-8(4-2-7)11-10-5-6-12-11/h1-6,10H,9H2. The maximum absolute atomic E-state index is 5.53. The summed E-state index contributed by atoms with van der Waals surface area (Å²) in [6.45, 7) is 0. The summed E-state index contributed by atoms with van der Waals surface area (Å²) in [7, 11) is 0. The fourth-order valence-corrected chi connectivity index (χ4v) is 0.965. The number of benzene rings is 1. The minimum absolute atomic E-state index is 0.742. The average Bonchev–Trinajstić information content (AvgIpc) is 2.58. The van der Waals surface area contributed by atoms with Crippen molar-refractivity contribution < 1.29 is 4.84 Å². The number of rotatable bonds is 1. The summed E-state index contributed by atoms with van der Waals surface area (Å²) in [4.78, 5) is 5.08. The Morgan fingerprint density at radius 3 is 2.58 bits per heavy atom. The lowest BCUT2D eigenvalue weighted by atomic mass is 10.3. The van der Waals surface area contributed by atoms with Crippen LogP contribution in [0.3, 0.4) is 0 Å². The summed E-state index contributed by atoms with van der Waals surface area (Å²) in [5.74, 6) is 0. The molecule has 1 heterocycles. The molecule has 0 radical (unpaired) electrons. The molecule has 0 fully saturated rings. The second kappa shape index (κ2) is 2.65. The molecule has 1 aliphatic rings. The highest BCUT2D eigenvalue weighted by Crippen LogP contribution is 2.16. The Labute approximate surface area is 70.2 Å². The summed E-state index contributed by atoms with van der Waals surface area (Å²) in [5.41, 5.74) is 10.1. The molecule has 0 amide bonds. The van der Waals surface area contributed by atoms with Gasteiger partial charge in [-0.05, 0) is 24.3 Å². The van der Waals surface area contributed by atoms with E-state index in [0.29, 0.717) is 0 Å². The number of nitrogen functional groups attached to an aromatic ring is 1. The number of anilines is 2. The zero-order valence-electron chi connectivity index (χ0n) is 6.40. The van der Waals surface area contributed by atoms with E-state index in [1.165, 1.54) is 0 Å². The molecule has 0 atom stereocenters. The van der Waals surface area contributed by atoms with E-state index in [1.54, 1.807) is 17.6 Å². The van der Waals surface area contributed by atoms with Crippen molar-refractivity contribution >= 4 is 11.4 Å². The van der Waals surface area contributed by atoms with Crippen LogP contribution in [0.4, 0.5) is 11.4 Å². The highest BCUT2D eigenvalue weighted by Gasteiger charge is 2.06. The van der Waals surface area contributed by atoms with E-state index in [4.69, 9.17) is 10.6 Å². The van der Waals surface area contributed by atoms with Gasteiger partial charge in [-0.25, -0.2) is 0 Å². The first kappa shape index (κ1) is 6.84. The van der Waals surface area contributed by atoms with Crippen LogP contribution in [0.15, 0.2) is 36.7 Å². The van der Waals surface area contributed by atoms with E-state index in [-0.39, 0.29) is 0 Å². The molecular formula is C8H9N3O. The topological polar surface area (TPSA) is 50.5 Å². The van der Waals surface area contributed by atoms with Gasteiger partial charge >= 0.3 is 0 Å². The zero-order valence-corrected chi connectivity index (χ0v) is 6.40.